The van der Waals surface area contributed by atoms with Gasteiger partial charge in [-0.05, 0) is 17.7 Å². The van der Waals surface area contributed by atoms with Crippen molar-refractivity contribution in [1.29, 1.82) is 0 Å². The van der Waals surface area contributed by atoms with Crippen LogP contribution in [0.1, 0.15) is 26.3 Å². The van der Waals surface area contributed by atoms with E-state index in [9.17, 15) is 24.3 Å². The van der Waals surface area contributed by atoms with E-state index in [1.165, 1.54) is 18.2 Å². The van der Waals surface area contributed by atoms with Gasteiger partial charge >= 0.3 is 23.9 Å². The highest BCUT2D eigenvalue weighted by Crippen LogP contribution is 2.33. The number of hydrogen-bond donors (Lipinski definition) is 2. The van der Waals surface area contributed by atoms with Gasteiger partial charge in [0, 0.05) is 20.8 Å². The molecule has 12 heteroatoms. The molecule has 1 aliphatic rings. The minimum Gasteiger partial charge on any atom is -0.467 e. The number of carbonyl (C=O) groups is 4. The number of methoxy groups -OCH3 is 1. The van der Waals surface area contributed by atoms with Crippen LogP contribution in [-0.4, -0.2) is 66.8 Å². The lowest BCUT2D eigenvalue weighted by atomic mass is 9.97. The molecule has 1 heterocycles. The molecule has 0 radical (unpaired) electrons. The number of hydrogen-bond acceptors (Lipinski definition) is 12. The van der Waals surface area contributed by atoms with Crippen LogP contribution in [0.5, 0.6) is 5.75 Å². The number of nitrogen functional groups attached to an aromatic ring is 1. The average Bonchev–Trinajstić information content (AvgIpc) is 2.71. The molecule has 1 saturated heterocycles. The molecule has 1 aromatic rings. The molecule has 2 rings (SSSR count). The fraction of sp³-hybridized carbons (Fsp3) is 0.500. The van der Waals surface area contributed by atoms with Gasteiger partial charge in [0.05, 0.1) is 19.4 Å². The lowest BCUT2D eigenvalue weighted by molar-refractivity contribution is -0.282. The molecule has 5 atom stereocenters. The molecule has 176 valence electrons. The molecule has 0 aromatic heterocycles. The third-order valence-electron chi connectivity index (χ3n) is 4.33. The molecule has 0 aliphatic carbocycles. The number of carbonyl (C=O) groups excluding carboxylic acids is 4. The van der Waals surface area contributed by atoms with Crippen molar-refractivity contribution >= 4 is 29.6 Å². The summed E-state index contributed by atoms with van der Waals surface area (Å²) in [5, 5.41) is 9.24. The first kappa shape index (κ1) is 24.9. The second-order valence-electron chi connectivity index (χ2n) is 6.82. The summed E-state index contributed by atoms with van der Waals surface area (Å²) in [6, 6.07) is 4.40. The first-order valence-corrected chi connectivity index (χ1v) is 9.48. The van der Waals surface area contributed by atoms with E-state index in [4.69, 9.17) is 34.2 Å². The standard InChI is InChI=1S/C20H25NO11/c1-9(23)28-15-16(29-10(2)24)18(30-11(3)25)20(32-17(15)19(26)27-4)31-14-6-5-12(8-22)7-13(14)21/h5-7,15-18,20,22H,8,21H2,1-4H3/t15-,16-,17-,18+,20+/m1/s1. The molecule has 32 heavy (non-hydrogen) atoms. The van der Waals surface area contributed by atoms with Crippen LogP contribution in [0.3, 0.4) is 0 Å². The molecule has 0 saturated carbocycles. The molecule has 0 spiro atoms. The fourth-order valence-electron chi connectivity index (χ4n) is 3.10. The van der Waals surface area contributed by atoms with Gasteiger partial charge in [-0.3, -0.25) is 14.4 Å². The largest absolute Gasteiger partial charge is 0.467 e. The van der Waals surface area contributed by atoms with E-state index in [-0.39, 0.29) is 18.0 Å². The van der Waals surface area contributed by atoms with Crippen molar-refractivity contribution < 1.29 is 52.7 Å². The van der Waals surface area contributed by atoms with Gasteiger partial charge in [0.1, 0.15) is 5.75 Å². The highest BCUT2D eigenvalue weighted by molar-refractivity contribution is 5.77. The Kier molecular flexibility index (Phi) is 8.38. The number of aliphatic hydroxyl groups excluding tert-OH is 1. The Balaban J connectivity index is 2.51. The molecule has 0 bridgehead atoms. The zero-order chi connectivity index (χ0) is 24.0. The van der Waals surface area contributed by atoms with E-state index in [1.807, 2.05) is 0 Å². The molecular weight excluding hydrogens is 430 g/mol. The maximum atomic E-state index is 12.4. The molecule has 0 unspecified atom stereocenters. The average molecular weight is 455 g/mol. The number of aliphatic hydroxyl groups is 1. The number of benzene rings is 1. The monoisotopic (exact) mass is 455 g/mol. The third-order valence-corrected chi connectivity index (χ3v) is 4.33. The number of ether oxygens (including phenoxy) is 6. The molecule has 0 amide bonds. The van der Waals surface area contributed by atoms with Crippen LogP contribution in [0.2, 0.25) is 0 Å². The van der Waals surface area contributed by atoms with Gasteiger partial charge in [-0.1, -0.05) is 6.07 Å². The van der Waals surface area contributed by atoms with E-state index >= 15 is 0 Å². The second-order valence-corrected chi connectivity index (χ2v) is 6.82. The van der Waals surface area contributed by atoms with Crippen LogP contribution in [-0.2, 0) is 49.5 Å². The van der Waals surface area contributed by atoms with Crippen LogP contribution < -0.4 is 10.5 Å². The smallest absolute Gasteiger partial charge is 0.339 e. The van der Waals surface area contributed by atoms with E-state index in [1.54, 1.807) is 0 Å². The Morgan fingerprint density at radius 1 is 0.969 bits per heavy atom. The number of anilines is 1. The van der Waals surface area contributed by atoms with Crippen LogP contribution in [0.15, 0.2) is 18.2 Å². The van der Waals surface area contributed by atoms with Crippen LogP contribution in [0.4, 0.5) is 5.69 Å². The van der Waals surface area contributed by atoms with Gasteiger partial charge in [-0.25, -0.2) is 4.79 Å². The second kappa shape index (κ2) is 10.8. The van der Waals surface area contributed by atoms with Crippen molar-refractivity contribution in [1.82, 2.24) is 0 Å². The summed E-state index contributed by atoms with van der Waals surface area (Å²) in [7, 11) is 1.08. The van der Waals surface area contributed by atoms with Crippen LogP contribution in [0, 0.1) is 0 Å². The van der Waals surface area contributed by atoms with Gasteiger partial charge in [0.15, 0.2) is 18.3 Å². The van der Waals surface area contributed by atoms with E-state index in [2.05, 4.69) is 0 Å². The molecule has 1 aliphatic heterocycles. The van der Waals surface area contributed by atoms with E-state index in [0.717, 1.165) is 27.9 Å². The van der Waals surface area contributed by atoms with Crippen molar-refractivity contribution in [2.24, 2.45) is 0 Å². The molecule has 3 N–H and O–H groups in total. The highest BCUT2D eigenvalue weighted by Gasteiger charge is 2.55. The van der Waals surface area contributed by atoms with Crippen LogP contribution in [0.25, 0.3) is 0 Å². The summed E-state index contributed by atoms with van der Waals surface area (Å²) in [5.41, 5.74) is 6.57. The zero-order valence-electron chi connectivity index (χ0n) is 17.9. The maximum absolute atomic E-state index is 12.4. The first-order valence-electron chi connectivity index (χ1n) is 9.48. The predicted molar refractivity (Wildman–Crippen MR) is 105 cm³/mol. The predicted octanol–water partition coefficient (Wildman–Crippen LogP) is -0.167. The third kappa shape index (κ3) is 6.08. The van der Waals surface area contributed by atoms with E-state index in [0.29, 0.717) is 5.56 Å². The lowest BCUT2D eigenvalue weighted by Crippen LogP contribution is -2.64. The van der Waals surface area contributed by atoms with Crippen molar-refractivity contribution in [2.45, 2.75) is 58.1 Å². The SMILES string of the molecule is COC(=O)[C@@H]1O[C@H](Oc2ccc(CO)cc2N)[C@@H](OC(C)=O)[C@H](OC(C)=O)[C@H]1OC(C)=O. The van der Waals surface area contributed by atoms with Crippen molar-refractivity contribution in [2.75, 3.05) is 12.8 Å². The van der Waals surface area contributed by atoms with Gasteiger partial charge in [-0.2, -0.15) is 0 Å². The van der Waals surface area contributed by atoms with Crippen molar-refractivity contribution in [3.8, 4) is 5.75 Å². The van der Waals surface area contributed by atoms with Gasteiger partial charge in [-0.15, -0.1) is 0 Å². The first-order chi connectivity index (χ1) is 15.1. The topological polar surface area (TPSA) is 170 Å². The van der Waals surface area contributed by atoms with Crippen molar-refractivity contribution in [3.05, 3.63) is 23.8 Å². The Hall–Kier alpha value is -3.38. The molecule has 12 nitrogen and oxygen atoms in total. The number of rotatable bonds is 7. The fourth-order valence-corrected chi connectivity index (χ4v) is 3.10. The number of esters is 4. The van der Waals surface area contributed by atoms with Crippen LogP contribution >= 0.6 is 0 Å². The van der Waals surface area contributed by atoms with Gasteiger partial charge in [0.2, 0.25) is 12.4 Å². The molecular formula is C20H25NO11. The highest BCUT2D eigenvalue weighted by atomic mass is 16.7. The van der Waals surface area contributed by atoms with Crippen molar-refractivity contribution in [3.63, 3.8) is 0 Å². The summed E-state index contributed by atoms with van der Waals surface area (Å²) in [6.07, 6.45) is -7.51. The Labute approximate surface area is 183 Å². The van der Waals surface area contributed by atoms with E-state index < -0.39 is 54.6 Å². The lowest BCUT2D eigenvalue weighted by Gasteiger charge is -2.43. The Bertz CT molecular complexity index is 871. The molecule has 1 aromatic carbocycles. The minimum atomic E-state index is -1.58. The quantitative estimate of drug-likeness (QED) is 0.317. The molecule has 1 fully saturated rings. The number of nitrogens with two attached hydrogens (primary N) is 1. The Morgan fingerprint density at radius 3 is 2.03 bits per heavy atom. The van der Waals surface area contributed by atoms with Gasteiger partial charge < -0.3 is 39.3 Å². The Morgan fingerprint density at radius 2 is 1.53 bits per heavy atom. The summed E-state index contributed by atoms with van der Waals surface area (Å²) < 4.78 is 31.8. The maximum Gasteiger partial charge on any atom is 0.339 e. The van der Waals surface area contributed by atoms with Gasteiger partial charge in [0.25, 0.3) is 0 Å². The summed E-state index contributed by atoms with van der Waals surface area (Å²) in [5.74, 6) is -3.28. The summed E-state index contributed by atoms with van der Waals surface area (Å²) >= 11 is 0. The normalized spacial score (nSPS) is 24.7. The zero-order valence-corrected chi connectivity index (χ0v) is 17.9. The summed E-state index contributed by atoms with van der Waals surface area (Å²) in [6.45, 7) is 2.99. The summed E-state index contributed by atoms with van der Waals surface area (Å²) in [4.78, 5) is 47.6. The minimum absolute atomic E-state index is 0.0699.